The average molecular weight is 292 g/mol. The molecule has 0 radical (unpaired) electrons. The summed E-state index contributed by atoms with van der Waals surface area (Å²) in [6.07, 6.45) is 0. The van der Waals surface area contributed by atoms with Crippen LogP contribution in [0.2, 0.25) is 0 Å². The van der Waals surface area contributed by atoms with Crippen molar-refractivity contribution in [2.45, 2.75) is 0 Å². The van der Waals surface area contributed by atoms with Gasteiger partial charge in [0.05, 0.1) is 5.51 Å². The molecular weight excluding hydrogens is 288 g/mol. The highest BCUT2D eigenvalue weighted by molar-refractivity contribution is 7.14. The SMILES string of the molecule is O=C(O)c1ncsc1Nc1c(F)c(F)cc(F)c1F. The van der Waals surface area contributed by atoms with Gasteiger partial charge in [0.1, 0.15) is 10.7 Å². The largest absolute Gasteiger partial charge is 0.476 e. The molecule has 0 amide bonds. The van der Waals surface area contributed by atoms with Crippen molar-refractivity contribution >= 4 is 28.0 Å². The van der Waals surface area contributed by atoms with E-state index in [1.807, 2.05) is 5.32 Å². The van der Waals surface area contributed by atoms with E-state index in [1.165, 1.54) is 0 Å². The van der Waals surface area contributed by atoms with Gasteiger partial charge >= 0.3 is 5.97 Å². The molecule has 2 aromatic rings. The summed E-state index contributed by atoms with van der Waals surface area (Å²) in [4.78, 5) is 14.2. The van der Waals surface area contributed by atoms with Crippen molar-refractivity contribution in [3.8, 4) is 0 Å². The smallest absolute Gasteiger partial charge is 0.357 e. The maximum atomic E-state index is 13.4. The number of benzene rings is 1. The summed E-state index contributed by atoms with van der Waals surface area (Å²) < 4.78 is 52.6. The zero-order valence-electron chi connectivity index (χ0n) is 8.88. The summed E-state index contributed by atoms with van der Waals surface area (Å²) in [5.74, 6) is -7.93. The van der Waals surface area contributed by atoms with E-state index in [4.69, 9.17) is 5.11 Å². The lowest BCUT2D eigenvalue weighted by molar-refractivity contribution is 0.0692. The van der Waals surface area contributed by atoms with Crippen LogP contribution >= 0.6 is 11.3 Å². The first-order valence-corrected chi connectivity index (χ1v) is 5.56. The van der Waals surface area contributed by atoms with E-state index in [1.54, 1.807) is 0 Å². The Hall–Kier alpha value is -2.16. The third-order valence-electron chi connectivity index (χ3n) is 2.12. The summed E-state index contributed by atoms with van der Waals surface area (Å²) >= 11 is 0.721. The molecule has 2 rings (SSSR count). The quantitative estimate of drug-likeness (QED) is 0.674. The number of halogens is 4. The van der Waals surface area contributed by atoms with Crippen LogP contribution in [0.1, 0.15) is 10.5 Å². The normalized spacial score (nSPS) is 10.5. The van der Waals surface area contributed by atoms with Crippen molar-refractivity contribution in [2.24, 2.45) is 0 Å². The Morgan fingerprint density at radius 2 is 1.79 bits per heavy atom. The van der Waals surface area contributed by atoms with Gasteiger partial charge in [-0.05, 0) is 0 Å². The fourth-order valence-electron chi connectivity index (χ4n) is 1.28. The van der Waals surface area contributed by atoms with Crippen LogP contribution in [0.15, 0.2) is 11.6 Å². The molecule has 0 unspecified atom stereocenters. The first-order chi connectivity index (χ1) is 8.91. The van der Waals surface area contributed by atoms with Gasteiger partial charge in [0, 0.05) is 6.07 Å². The third kappa shape index (κ3) is 2.36. The molecule has 0 aliphatic heterocycles. The van der Waals surface area contributed by atoms with Crippen LogP contribution < -0.4 is 5.32 Å². The number of anilines is 2. The zero-order chi connectivity index (χ0) is 14.2. The highest BCUT2D eigenvalue weighted by Crippen LogP contribution is 2.30. The molecule has 0 aliphatic carbocycles. The lowest BCUT2D eigenvalue weighted by Gasteiger charge is -2.08. The van der Waals surface area contributed by atoms with Crippen molar-refractivity contribution in [3.63, 3.8) is 0 Å². The summed E-state index contributed by atoms with van der Waals surface area (Å²) in [6.45, 7) is 0. The predicted octanol–water partition coefficient (Wildman–Crippen LogP) is 3.14. The molecule has 0 fully saturated rings. The molecular formula is C10H4F4N2O2S. The lowest BCUT2D eigenvalue weighted by atomic mass is 10.2. The molecule has 0 spiro atoms. The second kappa shape index (κ2) is 4.84. The van der Waals surface area contributed by atoms with Crippen LogP contribution in [-0.2, 0) is 0 Å². The van der Waals surface area contributed by atoms with Crippen molar-refractivity contribution in [1.29, 1.82) is 0 Å². The number of nitrogens with zero attached hydrogens (tertiary/aromatic N) is 1. The number of carboxylic acid groups (broad SMARTS) is 1. The Morgan fingerprint density at radius 1 is 1.21 bits per heavy atom. The Bertz CT molecular complexity index is 633. The molecule has 0 bridgehead atoms. The topological polar surface area (TPSA) is 62.2 Å². The summed E-state index contributed by atoms with van der Waals surface area (Å²) in [5.41, 5.74) is -0.505. The van der Waals surface area contributed by atoms with E-state index in [2.05, 4.69) is 4.98 Å². The van der Waals surface area contributed by atoms with Crippen molar-refractivity contribution < 1.29 is 27.5 Å². The van der Waals surface area contributed by atoms with Gasteiger partial charge < -0.3 is 10.4 Å². The third-order valence-corrected chi connectivity index (χ3v) is 2.86. The first kappa shape index (κ1) is 13.3. The standard InChI is InChI=1S/C10H4F4N2O2S/c11-3-1-4(12)6(14)7(5(3)13)16-9-8(10(17)18)15-2-19-9/h1-2,16H,(H,17,18). The summed E-state index contributed by atoms with van der Waals surface area (Å²) in [7, 11) is 0. The fourth-order valence-corrected chi connectivity index (χ4v) is 1.96. The van der Waals surface area contributed by atoms with E-state index in [0.717, 1.165) is 16.8 Å². The molecule has 4 nitrogen and oxygen atoms in total. The van der Waals surface area contributed by atoms with Gasteiger partial charge in [-0.15, -0.1) is 11.3 Å². The first-order valence-electron chi connectivity index (χ1n) is 4.68. The minimum absolute atomic E-state index is 0.0562. The monoisotopic (exact) mass is 292 g/mol. The summed E-state index contributed by atoms with van der Waals surface area (Å²) in [6, 6.07) is 0.0562. The van der Waals surface area contributed by atoms with Crippen LogP contribution in [0.3, 0.4) is 0 Å². The second-order valence-electron chi connectivity index (χ2n) is 3.30. The van der Waals surface area contributed by atoms with Gasteiger partial charge in [0.2, 0.25) is 0 Å². The maximum Gasteiger partial charge on any atom is 0.357 e. The van der Waals surface area contributed by atoms with Gasteiger partial charge in [0.15, 0.2) is 29.0 Å². The molecule has 100 valence electrons. The number of carboxylic acids is 1. The van der Waals surface area contributed by atoms with E-state index >= 15 is 0 Å². The van der Waals surface area contributed by atoms with Gasteiger partial charge in [-0.1, -0.05) is 0 Å². The molecule has 9 heteroatoms. The van der Waals surface area contributed by atoms with Crippen LogP contribution in [-0.4, -0.2) is 16.1 Å². The molecule has 0 aliphatic rings. The molecule has 1 heterocycles. The number of aromatic carboxylic acids is 1. The molecule has 0 saturated heterocycles. The minimum atomic E-state index is -1.65. The maximum absolute atomic E-state index is 13.4. The van der Waals surface area contributed by atoms with E-state index in [-0.39, 0.29) is 11.1 Å². The summed E-state index contributed by atoms with van der Waals surface area (Å²) in [5, 5.41) is 10.5. The highest BCUT2D eigenvalue weighted by atomic mass is 32.1. The fraction of sp³-hybridized carbons (Fsp3) is 0. The number of rotatable bonds is 3. The number of hydrogen-bond acceptors (Lipinski definition) is 4. The van der Waals surface area contributed by atoms with Crippen molar-refractivity contribution in [1.82, 2.24) is 4.98 Å². The van der Waals surface area contributed by atoms with Crippen LogP contribution in [0.25, 0.3) is 0 Å². The molecule has 19 heavy (non-hydrogen) atoms. The van der Waals surface area contributed by atoms with Crippen LogP contribution in [0, 0.1) is 23.3 Å². The molecule has 0 saturated carbocycles. The Balaban J connectivity index is 2.49. The zero-order valence-corrected chi connectivity index (χ0v) is 9.69. The van der Waals surface area contributed by atoms with E-state index < -0.39 is 40.6 Å². The second-order valence-corrected chi connectivity index (χ2v) is 4.16. The molecule has 1 aromatic heterocycles. The highest BCUT2D eigenvalue weighted by Gasteiger charge is 2.22. The average Bonchev–Trinajstić information content (AvgIpc) is 2.80. The van der Waals surface area contributed by atoms with Gasteiger partial charge in [-0.3, -0.25) is 0 Å². The van der Waals surface area contributed by atoms with Gasteiger partial charge in [-0.25, -0.2) is 27.3 Å². The van der Waals surface area contributed by atoms with Crippen LogP contribution in [0.4, 0.5) is 28.3 Å². The Kier molecular flexibility index (Phi) is 3.38. The van der Waals surface area contributed by atoms with E-state index in [9.17, 15) is 22.4 Å². The molecule has 0 atom stereocenters. The van der Waals surface area contributed by atoms with Gasteiger partial charge in [-0.2, -0.15) is 0 Å². The number of carbonyl (C=O) groups is 1. The number of aromatic nitrogens is 1. The number of hydrogen-bond donors (Lipinski definition) is 2. The minimum Gasteiger partial charge on any atom is -0.476 e. The number of nitrogens with one attached hydrogen (secondary N) is 1. The lowest BCUT2D eigenvalue weighted by Crippen LogP contribution is -2.06. The number of thiazole rings is 1. The molecule has 1 aromatic carbocycles. The Labute approximate surface area is 107 Å². The Morgan fingerprint density at radius 3 is 2.32 bits per heavy atom. The van der Waals surface area contributed by atoms with Gasteiger partial charge in [0.25, 0.3) is 0 Å². The van der Waals surface area contributed by atoms with Crippen LogP contribution in [0.5, 0.6) is 0 Å². The predicted molar refractivity (Wildman–Crippen MR) is 58.6 cm³/mol. The van der Waals surface area contributed by atoms with Crippen molar-refractivity contribution in [2.75, 3.05) is 5.32 Å². The van der Waals surface area contributed by atoms with E-state index in [0.29, 0.717) is 0 Å². The van der Waals surface area contributed by atoms with Crippen molar-refractivity contribution in [3.05, 3.63) is 40.5 Å². The molecule has 2 N–H and O–H groups in total.